The zero-order valence-electron chi connectivity index (χ0n) is 17.0. The van der Waals surface area contributed by atoms with Gasteiger partial charge in [-0.2, -0.15) is 0 Å². The van der Waals surface area contributed by atoms with Gasteiger partial charge in [-0.25, -0.2) is 27.2 Å². The molecule has 2 N–H and O–H groups in total. The second-order valence-corrected chi connectivity index (χ2v) is 6.69. The first-order valence-electron chi connectivity index (χ1n) is 9.29. The normalized spacial score (nSPS) is 13.7. The van der Waals surface area contributed by atoms with Gasteiger partial charge in [-0.3, -0.25) is 0 Å². The van der Waals surface area contributed by atoms with Gasteiger partial charge < -0.3 is 20.1 Å². The highest BCUT2D eigenvalue weighted by Crippen LogP contribution is 2.35. The van der Waals surface area contributed by atoms with E-state index < -0.39 is 46.6 Å². The number of hydrogen-bond donors (Lipinski definition) is 2. The van der Waals surface area contributed by atoms with Gasteiger partial charge in [0.05, 0.1) is 25.4 Å². The van der Waals surface area contributed by atoms with Crippen molar-refractivity contribution in [2.45, 2.75) is 12.8 Å². The smallest absolute Gasteiger partial charge is 0.335 e. The molecule has 32 heavy (non-hydrogen) atoms. The van der Waals surface area contributed by atoms with Gasteiger partial charge in [0.1, 0.15) is 34.6 Å². The number of halogens is 4. The minimum atomic E-state index is -0.928. The van der Waals surface area contributed by atoms with Crippen LogP contribution in [-0.4, -0.2) is 26.2 Å². The third-order valence-electron chi connectivity index (χ3n) is 4.78. The van der Waals surface area contributed by atoms with Gasteiger partial charge >= 0.3 is 11.9 Å². The number of methoxy groups -OCH3 is 2. The summed E-state index contributed by atoms with van der Waals surface area (Å²) in [7, 11) is 2.19. The zero-order valence-corrected chi connectivity index (χ0v) is 17.0. The molecule has 0 fully saturated rings. The number of carbonyl (C=O) groups excluding carboxylic acids is 2. The highest BCUT2D eigenvalue weighted by atomic mass is 19.1. The van der Waals surface area contributed by atoms with Crippen LogP contribution in [0.1, 0.15) is 12.8 Å². The van der Waals surface area contributed by atoms with Crippen molar-refractivity contribution < 1.29 is 36.6 Å². The molecule has 168 valence electrons. The zero-order chi connectivity index (χ0) is 23.4. The molecule has 0 bridgehead atoms. The highest BCUT2D eigenvalue weighted by Gasteiger charge is 2.31. The Kier molecular flexibility index (Phi) is 6.82. The van der Waals surface area contributed by atoms with Crippen molar-refractivity contribution in [3.05, 3.63) is 82.2 Å². The Balaban J connectivity index is 2.07. The lowest BCUT2D eigenvalue weighted by Crippen LogP contribution is -2.25. The summed E-state index contributed by atoms with van der Waals surface area (Å²) in [6.07, 6.45) is -0.716. The lowest BCUT2D eigenvalue weighted by Gasteiger charge is -2.26. The van der Waals surface area contributed by atoms with Crippen LogP contribution in [0.25, 0.3) is 0 Å². The van der Waals surface area contributed by atoms with E-state index in [1.54, 1.807) is 0 Å². The minimum Gasteiger partial charge on any atom is -0.466 e. The van der Waals surface area contributed by atoms with Crippen LogP contribution in [0, 0.1) is 23.3 Å². The van der Waals surface area contributed by atoms with Crippen molar-refractivity contribution in [1.29, 1.82) is 0 Å². The maximum Gasteiger partial charge on any atom is 0.335 e. The van der Waals surface area contributed by atoms with Crippen LogP contribution in [0.5, 0.6) is 0 Å². The molecular formula is C22H18F4N2O4. The largest absolute Gasteiger partial charge is 0.466 e. The fraction of sp³-hybridized carbons (Fsp3) is 0.182. The number of hydrogen-bond acceptors (Lipinski definition) is 6. The molecule has 0 saturated carbocycles. The molecule has 0 saturated heterocycles. The van der Waals surface area contributed by atoms with E-state index in [4.69, 9.17) is 9.47 Å². The van der Waals surface area contributed by atoms with Gasteiger partial charge in [-0.15, -0.1) is 0 Å². The molecule has 0 atom stereocenters. The number of esters is 2. The summed E-state index contributed by atoms with van der Waals surface area (Å²) >= 11 is 0. The number of rotatable bonds is 6. The van der Waals surface area contributed by atoms with Crippen LogP contribution in [-0.2, 0) is 19.1 Å². The Bertz CT molecular complexity index is 1010. The molecule has 6 nitrogen and oxygen atoms in total. The summed E-state index contributed by atoms with van der Waals surface area (Å²) in [5.41, 5.74) is -1.32. The van der Waals surface area contributed by atoms with E-state index in [9.17, 15) is 27.2 Å². The number of ether oxygens (including phenoxy) is 2. The standard InChI is InChI=1S/C22H18F4N2O4/c1-31-21(29)11-9-18(28-20-15(25)7-4-8-16(20)26)12(22(30)32-2)10-17(11)27-19-13(23)5-3-6-14(19)24/h3-8,27-28H,9-10H2,1-2H3. The molecule has 2 aromatic carbocycles. The summed E-state index contributed by atoms with van der Waals surface area (Å²) in [6.45, 7) is 0. The van der Waals surface area contributed by atoms with Gasteiger partial charge in [-0.05, 0) is 24.3 Å². The van der Waals surface area contributed by atoms with Gasteiger partial charge in [0.2, 0.25) is 0 Å². The molecular weight excluding hydrogens is 432 g/mol. The van der Waals surface area contributed by atoms with Crippen molar-refractivity contribution in [2.24, 2.45) is 0 Å². The molecule has 3 rings (SSSR count). The number of anilines is 2. The Hall–Kier alpha value is -3.82. The molecule has 0 amide bonds. The fourth-order valence-electron chi connectivity index (χ4n) is 3.19. The van der Waals surface area contributed by atoms with Crippen molar-refractivity contribution in [3.63, 3.8) is 0 Å². The first-order chi connectivity index (χ1) is 15.3. The van der Waals surface area contributed by atoms with Crippen molar-refractivity contribution in [3.8, 4) is 0 Å². The lowest BCUT2D eigenvalue weighted by molar-refractivity contribution is -0.137. The number of allylic oxidation sites excluding steroid dienone is 2. The monoisotopic (exact) mass is 450 g/mol. The number of benzene rings is 2. The summed E-state index contributed by atoms with van der Waals surface area (Å²) in [4.78, 5) is 24.8. The van der Waals surface area contributed by atoms with Crippen molar-refractivity contribution >= 4 is 23.3 Å². The second kappa shape index (κ2) is 9.54. The quantitative estimate of drug-likeness (QED) is 0.502. The molecule has 0 unspecified atom stereocenters. The molecule has 0 radical (unpaired) electrons. The minimum absolute atomic E-state index is 0.0270. The molecule has 0 aromatic heterocycles. The predicted octanol–water partition coefficient (Wildman–Crippen LogP) is 4.42. The van der Waals surface area contributed by atoms with Gasteiger partial charge in [0.15, 0.2) is 0 Å². The summed E-state index contributed by atoms with van der Waals surface area (Å²) in [6, 6.07) is 6.37. The number of para-hydroxylation sites is 2. The fourth-order valence-corrected chi connectivity index (χ4v) is 3.19. The molecule has 1 aliphatic rings. The highest BCUT2D eigenvalue weighted by molar-refractivity contribution is 5.96. The van der Waals surface area contributed by atoms with Gasteiger partial charge in [0.25, 0.3) is 0 Å². The van der Waals surface area contributed by atoms with E-state index in [1.165, 1.54) is 0 Å². The lowest BCUT2D eigenvalue weighted by atomic mass is 9.92. The summed E-state index contributed by atoms with van der Waals surface area (Å²) in [5, 5.41) is 5.02. The van der Waals surface area contributed by atoms with Crippen LogP contribution in [0.4, 0.5) is 28.9 Å². The predicted molar refractivity (Wildman–Crippen MR) is 107 cm³/mol. The van der Waals surface area contributed by atoms with Crippen LogP contribution in [0.2, 0.25) is 0 Å². The molecule has 0 spiro atoms. The van der Waals surface area contributed by atoms with Gasteiger partial charge in [0, 0.05) is 24.2 Å². The van der Waals surface area contributed by atoms with E-state index in [2.05, 4.69) is 10.6 Å². The second-order valence-electron chi connectivity index (χ2n) is 6.69. The van der Waals surface area contributed by atoms with E-state index in [1.807, 2.05) is 0 Å². The third-order valence-corrected chi connectivity index (χ3v) is 4.78. The third kappa shape index (κ3) is 4.58. The Morgan fingerprint density at radius 3 is 1.28 bits per heavy atom. The van der Waals surface area contributed by atoms with Crippen LogP contribution >= 0.6 is 0 Å². The van der Waals surface area contributed by atoms with Gasteiger partial charge in [-0.1, -0.05) is 12.1 Å². The molecule has 1 aliphatic carbocycles. The Morgan fingerprint density at radius 2 is 1.00 bits per heavy atom. The topological polar surface area (TPSA) is 76.7 Å². The van der Waals surface area contributed by atoms with E-state index >= 15 is 0 Å². The maximum absolute atomic E-state index is 14.1. The van der Waals surface area contributed by atoms with Crippen molar-refractivity contribution in [2.75, 3.05) is 24.9 Å². The van der Waals surface area contributed by atoms with Crippen LogP contribution in [0.15, 0.2) is 58.9 Å². The molecule has 0 aliphatic heterocycles. The molecule has 0 heterocycles. The maximum atomic E-state index is 14.1. The molecule has 2 aromatic rings. The summed E-state index contributed by atoms with van der Waals surface area (Å²) in [5.74, 6) is -5.43. The van der Waals surface area contributed by atoms with Crippen LogP contribution in [0.3, 0.4) is 0 Å². The Morgan fingerprint density at radius 1 is 0.688 bits per heavy atom. The summed E-state index contributed by atoms with van der Waals surface area (Å²) < 4.78 is 66.1. The van der Waals surface area contributed by atoms with Crippen molar-refractivity contribution in [1.82, 2.24) is 0 Å². The molecule has 10 heteroatoms. The number of nitrogens with one attached hydrogen (secondary N) is 2. The van der Waals surface area contributed by atoms with E-state index in [0.29, 0.717) is 0 Å². The van der Waals surface area contributed by atoms with E-state index in [0.717, 1.165) is 50.6 Å². The van der Waals surface area contributed by atoms with E-state index in [-0.39, 0.29) is 35.4 Å². The average Bonchev–Trinajstić information content (AvgIpc) is 2.78. The first kappa shape index (κ1) is 22.9. The Labute approximate surface area is 180 Å². The first-order valence-corrected chi connectivity index (χ1v) is 9.29. The number of carbonyl (C=O) groups is 2. The SMILES string of the molecule is COC(=O)C1=C(Nc2c(F)cccc2F)CC(C(=O)OC)=C(Nc2c(F)cccc2F)C1. The average molecular weight is 450 g/mol. The van der Waals surface area contributed by atoms with Crippen LogP contribution < -0.4 is 10.6 Å².